The van der Waals surface area contributed by atoms with Gasteiger partial charge in [0.05, 0.1) is 13.0 Å². The number of rotatable bonds is 5. The molecule has 1 unspecified atom stereocenters. The summed E-state index contributed by atoms with van der Waals surface area (Å²) >= 11 is 0. The van der Waals surface area contributed by atoms with E-state index in [2.05, 4.69) is 5.32 Å². The highest BCUT2D eigenvalue weighted by molar-refractivity contribution is 5.85. The van der Waals surface area contributed by atoms with Crippen molar-refractivity contribution in [3.05, 3.63) is 35.9 Å². The molecule has 4 heteroatoms. The summed E-state index contributed by atoms with van der Waals surface area (Å²) < 4.78 is 5.28. The van der Waals surface area contributed by atoms with E-state index in [1.165, 1.54) is 12.8 Å². The fraction of sp³-hybridized carbons (Fsp3) is 0.533. The molecular weight excluding hydrogens is 262 g/mol. The molecule has 0 amide bonds. The van der Waals surface area contributed by atoms with Crippen LogP contribution in [0, 0.1) is 5.92 Å². The van der Waals surface area contributed by atoms with E-state index >= 15 is 0 Å². The third-order valence-electron chi connectivity index (χ3n) is 3.38. The van der Waals surface area contributed by atoms with Gasteiger partial charge in [-0.05, 0) is 43.8 Å². The van der Waals surface area contributed by atoms with Crippen molar-refractivity contribution in [2.45, 2.75) is 25.7 Å². The fourth-order valence-corrected chi connectivity index (χ4v) is 2.32. The Bertz CT molecular complexity index is 364. The number of nitrogens with one attached hydrogen (secondary N) is 1. The lowest BCUT2D eigenvalue weighted by Gasteiger charge is -2.22. The van der Waals surface area contributed by atoms with Gasteiger partial charge in [0.1, 0.15) is 0 Å². The molecule has 1 heterocycles. The summed E-state index contributed by atoms with van der Waals surface area (Å²) in [6.07, 6.45) is 3.85. The molecule has 1 saturated heterocycles. The van der Waals surface area contributed by atoms with Crippen molar-refractivity contribution in [3.63, 3.8) is 0 Å². The Morgan fingerprint density at radius 3 is 2.79 bits per heavy atom. The van der Waals surface area contributed by atoms with Gasteiger partial charge >= 0.3 is 5.97 Å². The Morgan fingerprint density at radius 2 is 2.11 bits per heavy atom. The van der Waals surface area contributed by atoms with E-state index in [0.717, 1.165) is 25.1 Å². The zero-order valence-electron chi connectivity index (χ0n) is 11.1. The van der Waals surface area contributed by atoms with E-state index in [9.17, 15) is 4.79 Å². The van der Waals surface area contributed by atoms with Gasteiger partial charge in [0.25, 0.3) is 0 Å². The Hall–Kier alpha value is -1.06. The number of carbonyl (C=O) groups is 1. The molecule has 1 aliphatic rings. The van der Waals surface area contributed by atoms with Crippen LogP contribution in [0.4, 0.5) is 0 Å². The molecule has 0 aliphatic carbocycles. The van der Waals surface area contributed by atoms with E-state index in [1.807, 2.05) is 30.3 Å². The van der Waals surface area contributed by atoms with Gasteiger partial charge in [-0.15, -0.1) is 12.4 Å². The standard InChI is InChI=1S/C15H21NO2.ClH/c17-15(11-13-5-2-1-3-6-13)18-10-8-14-7-4-9-16-12-14;/h1-3,5-6,14,16H,4,7-12H2;1H. The second kappa shape index (κ2) is 8.94. The highest BCUT2D eigenvalue weighted by atomic mass is 35.5. The number of halogens is 1. The van der Waals surface area contributed by atoms with Crippen LogP contribution in [-0.2, 0) is 16.0 Å². The Labute approximate surface area is 121 Å². The molecular formula is C15H22ClNO2. The zero-order chi connectivity index (χ0) is 12.6. The molecule has 1 aromatic rings. The van der Waals surface area contributed by atoms with Gasteiger partial charge in [-0.2, -0.15) is 0 Å². The van der Waals surface area contributed by atoms with E-state index in [1.54, 1.807) is 0 Å². The molecule has 0 aromatic heterocycles. The van der Waals surface area contributed by atoms with Crippen LogP contribution in [0.15, 0.2) is 30.3 Å². The van der Waals surface area contributed by atoms with Crippen LogP contribution < -0.4 is 5.32 Å². The van der Waals surface area contributed by atoms with Crippen molar-refractivity contribution >= 4 is 18.4 Å². The number of hydrogen-bond acceptors (Lipinski definition) is 3. The average molecular weight is 284 g/mol. The molecule has 1 atom stereocenters. The molecule has 2 rings (SSSR count). The van der Waals surface area contributed by atoms with Crippen LogP contribution >= 0.6 is 12.4 Å². The lowest BCUT2D eigenvalue weighted by atomic mass is 9.97. The molecule has 1 aliphatic heterocycles. The third kappa shape index (κ3) is 6.08. The number of ether oxygens (including phenoxy) is 1. The summed E-state index contributed by atoms with van der Waals surface area (Å²) in [4.78, 5) is 11.6. The second-order valence-corrected chi connectivity index (χ2v) is 4.88. The predicted octanol–water partition coefficient (Wildman–Crippen LogP) is 2.58. The van der Waals surface area contributed by atoms with Crippen molar-refractivity contribution in [1.29, 1.82) is 0 Å². The fourth-order valence-electron chi connectivity index (χ4n) is 2.32. The van der Waals surface area contributed by atoms with Gasteiger partial charge < -0.3 is 10.1 Å². The number of benzene rings is 1. The van der Waals surface area contributed by atoms with E-state index in [-0.39, 0.29) is 18.4 Å². The molecule has 3 nitrogen and oxygen atoms in total. The summed E-state index contributed by atoms with van der Waals surface area (Å²) in [5, 5.41) is 3.37. The maximum atomic E-state index is 11.6. The Kier molecular flexibility index (Phi) is 7.53. The van der Waals surface area contributed by atoms with E-state index in [4.69, 9.17) is 4.74 Å². The van der Waals surface area contributed by atoms with Gasteiger partial charge in [0, 0.05) is 0 Å². The van der Waals surface area contributed by atoms with Crippen LogP contribution in [0.2, 0.25) is 0 Å². The van der Waals surface area contributed by atoms with Crippen LogP contribution in [-0.4, -0.2) is 25.7 Å². The first-order valence-corrected chi connectivity index (χ1v) is 6.75. The molecule has 19 heavy (non-hydrogen) atoms. The van der Waals surface area contributed by atoms with Gasteiger partial charge in [0.15, 0.2) is 0 Å². The Balaban J connectivity index is 0.00000180. The minimum absolute atomic E-state index is 0. The molecule has 106 valence electrons. The topological polar surface area (TPSA) is 38.3 Å². The second-order valence-electron chi connectivity index (χ2n) is 4.88. The van der Waals surface area contributed by atoms with Crippen molar-refractivity contribution in [2.75, 3.05) is 19.7 Å². The normalized spacial score (nSPS) is 18.4. The molecule has 1 fully saturated rings. The lowest BCUT2D eigenvalue weighted by Crippen LogP contribution is -2.30. The first kappa shape index (κ1) is 16.0. The Morgan fingerprint density at radius 1 is 1.32 bits per heavy atom. The maximum Gasteiger partial charge on any atom is 0.310 e. The SMILES string of the molecule is Cl.O=C(Cc1ccccc1)OCCC1CCCNC1. The first-order chi connectivity index (χ1) is 8.84. The van der Waals surface area contributed by atoms with Crippen molar-refractivity contribution in [3.8, 4) is 0 Å². The van der Waals surface area contributed by atoms with Crippen molar-refractivity contribution < 1.29 is 9.53 Å². The highest BCUT2D eigenvalue weighted by Gasteiger charge is 2.13. The maximum absolute atomic E-state index is 11.6. The van der Waals surface area contributed by atoms with Crippen molar-refractivity contribution in [1.82, 2.24) is 5.32 Å². The summed E-state index contributed by atoms with van der Waals surface area (Å²) in [5.41, 5.74) is 1.02. The summed E-state index contributed by atoms with van der Waals surface area (Å²) in [5.74, 6) is 0.549. The predicted molar refractivity (Wildman–Crippen MR) is 78.6 cm³/mol. The highest BCUT2D eigenvalue weighted by Crippen LogP contribution is 2.13. The van der Waals surface area contributed by atoms with Crippen molar-refractivity contribution in [2.24, 2.45) is 5.92 Å². The van der Waals surface area contributed by atoms with Crippen LogP contribution in [0.25, 0.3) is 0 Å². The number of esters is 1. The number of piperidine rings is 1. The zero-order valence-corrected chi connectivity index (χ0v) is 12.0. The van der Waals surface area contributed by atoms with Gasteiger partial charge in [0.2, 0.25) is 0 Å². The summed E-state index contributed by atoms with van der Waals surface area (Å²) in [6, 6.07) is 9.73. The van der Waals surface area contributed by atoms with E-state index < -0.39 is 0 Å². The van der Waals surface area contributed by atoms with Gasteiger partial charge in [-0.3, -0.25) is 4.79 Å². The largest absolute Gasteiger partial charge is 0.465 e. The smallest absolute Gasteiger partial charge is 0.310 e. The molecule has 1 aromatic carbocycles. The van der Waals surface area contributed by atoms with Gasteiger partial charge in [-0.1, -0.05) is 30.3 Å². The average Bonchev–Trinajstić information content (AvgIpc) is 2.41. The monoisotopic (exact) mass is 283 g/mol. The minimum atomic E-state index is -0.120. The van der Waals surface area contributed by atoms with E-state index in [0.29, 0.717) is 18.9 Å². The molecule has 0 bridgehead atoms. The first-order valence-electron chi connectivity index (χ1n) is 6.75. The number of hydrogen-bond donors (Lipinski definition) is 1. The molecule has 1 N–H and O–H groups in total. The minimum Gasteiger partial charge on any atom is -0.465 e. The molecule has 0 radical (unpaired) electrons. The summed E-state index contributed by atoms with van der Waals surface area (Å²) in [6.45, 7) is 2.75. The third-order valence-corrected chi connectivity index (χ3v) is 3.38. The molecule has 0 saturated carbocycles. The lowest BCUT2D eigenvalue weighted by molar-refractivity contribution is -0.143. The number of carbonyl (C=O) groups excluding carboxylic acids is 1. The van der Waals surface area contributed by atoms with Crippen LogP contribution in [0.1, 0.15) is 24.8 Å². The molecule has 0 spiro atoms. The van der Waals surface area contributed by atoms with Crippen LogP contribution in [0.5, 0.6) is 0 Å². The van der Waals surface area contributed by atoms with Gasteiger partial charge in [-0.25, -0.2) is 0 Å². The summed E-state index contributed by atoms with van der Waals surface area (Å²) in [7, 11) is 0. The van der Waals surface area contributed by atoms with Crippen LogP contribution in [0.3, 0.4) is 0 Å². The quantitative estimate of drug-likeness (QED) is 0.844.